The van der Waals surface area contributed by atoms with E-state index in [2.05, 4.69) is 34.2 Å². The standard InChI is InChI=1S/C34H45N7O6S/c1-32(2,3)47-31(43)35-21-10-11-24-25(16-21)34(13-12-33(24,4)5)18-27-23(20-46-34)28(37-30(36-27)48(8,44)45)40-14-9-15-41-22(19-40)17-26(38-41)29(42)39(6)7/h10-11,16-17H,9,12-15,18-20H2,1-8H3,(H,35,43). The summed E-state index contributed by atoms with van der Waals surface area (Å²) in [6.07, 6.45) is 3.16. The van der Waals surface area contributed by atoms with Crippen LogP contribution in [0.2, 0.25) is 0 Å². The zero-order valence-corrected chi connectivity index (χ0v) is 29.8. The maximum Gasteiger partial charge on any atom is 0.412 e. The van der Waals surface area contributed by atoms with Crippen LogP contribution in [0.25, 0.3) is 0 Å². The van der Waals surface area contributed by atoms with Crippen LogP contribution in [-0.4, -0.2) is 77.6 Å². The Balaban J connectivity index is 1.40. The number of sulfone groups is 1. The highest BCUT2D eigenvalue weighted by Crippen LogP contribution is 2.51. The van der Waals surface area contributed by atoms with Gasteiger partial charge in [0, 0.05) is 51.1 Å². The highest BCUT2D eigenvalue weighted by atomic mass is 32.2. The Bertz CT molecular complexity index is 1900. The Morgan fingerprint density at radius 2 is 1.81 bits per heavy atom. The summed E-state index contributed by atoms with van der Waals surface area (Å²) in [5, 5.41) is 7.19. The van der Waals surface area contributed by atoms with Crippen molar-refractivity contribution in [3.8, 4) is 0 Å². The number of benzene rings is 1. The van der Waals surface area contributed by atoms with Crippen molar-refractivity contribution in [1.29, 1.82) is 0 Å². The number of aromatic nitrogens is 4. The molecule has 1 unspecified atom stereocenters. The van der Waals surface area contributed by atoms with Crippen molar-refractivity contribution in [1.82, 2.24) is 24.6 Å². The Morgan fingerprint density at radius 3 is 2.50 bits per heavy atom. The number of rotatable bonds is 4. The lowest BCUT2D eigenvalue weighted by Crippen LogP contribution is -2.44. The molecule has 6 rings (SSSR count). The third-order valence-corrected chi connectivity index (χ3v) is 10.2. The van der Waals surface area contributed by atoms with Crippen molar-refractivity contribution in [2.24, 2.45) is 0 Å². The molecule has 0 saturated carbocycles. The average Bonchev–Trinajstić information content (AvgIpc) is 3.28. The minimum absolute atomic E-state index is 0.148. The van der Waals surface area contributed by atoms with Crippen molar-refractivity contribution < 1.29 is 27.5 Å². The third-order valence-electron chi connectivity index (χ3n) is 9.31. The molecule has 0 bridgehead atoms. The molecule has 1 spiro atoms. The van der Waals surface area contributed by atoms with Crippen LogP contribution in [0.15, 0.2) is 29.4 Å². The molecular weight excluding hydrogens is 634 g/mol. The quantitative estimate of drug-likeness (QED) is 0.389. The molecule has 1 aromatic carbocycles. The highest BCUT2D eigenvalue weighted by Gasteiger charge is 2.47. The Labute approximate surface area is 281 Å². The number of hydrogen-bond donors (Lipinski definition) is 1. The number of fused-ring (bicyclic) bond motifs is 4. The van der Waals surface area contributed by atoms with E-state index in [1.165, 1.54) is 4.90 Å². The first-order valence-electron chi connectivity index (χ1n) is 16.3. The molecule has 2 aliphatic heterocycles. The Morgan fingerprint density at radius 1 is 1.06 bits per heavy atom. The maximum absolute atomic E-state index is 13.0. The van der Waals surface area contributed by atoms with Crippen LogP contribution in [0, 0.1) is 0 Å². The normalized spacial score (nSPS) is 20.3. The van der Waals surface area contributed by atoms with Gasteiger partial charge in [0.15, 0.2) is 5.69 Å². The summed E-state index contributed by atoms with van der Waals surface area (Å²) in [5.74, 6) is 0.335. The van der Waals surface area contributed by atoms with Crippen LogP contribution in [0.3, 0.4) is 0 Å². The van der Waals surface area contributed by atoms with E-state index in [1.807, 2.05) is 48.6 Å². The van der Waals surface area contributed by atoms with Gasteiger partial charge in [-0.1, -0.05) is 19.9 Å². The zero-order valence-electron chi connectivity index (χ0n) is 29.0. The molecular formula is C34H45N7O6S. The van der Waals surface area contributed by atoms with E-state index in [4.69, 9.17) is 9.47 Å². The molecule has 3 aliphatic rings. The minimum Gasteiger partial charge on any atom is -0.444 e. The molecule has 1 N–H and O–H groups in total. The van der Waals surface area contributed by atoms with Gasteiger partial charge < -0.3 is 19.3 Å². The molecule has 4 heterocycles. The molecule has 258 valence electrons. The van der Waals surface area contributed by atoms with Crippen LogP contribution < -0.4 is 10.2 Å². The molecule has 3 aromatic rings. The van der Waals surface area contributed by atoms with Crippen molar-refractivity contribution in [3.63, 3.8) is 0 Å². The van der Waals surface area contributed by atoms with Crippen LogP contribution in [0.1, 0.15) is 92.4 Å². The maximum atomic E-state index is 13.0. The van der Waals surface area contributed by atoms with Gasteiger partial charge in [0.1, 0.15) is 11.4 Å². The van der Waals surface area contributed by atoms with E-state index in [9.17, 15) is 18.0 Å². The van der Waals surface area contributed by atoms with Crippen molar-refractivity contribution in [2.75, 3.05) is 37.1 Å². The summed E-state index contributed by atoms with van der Waals surface area (Å²) in [4.78, 5) is 38.2. The lowest BCUT2D eigenvalue weighted by molar-refractivity contribution is -0.0907. The van der Waals surface area contributed by atoms with Gasteiger partial charge in [0.2, 0.25) is 15.0 Å². The molecule has 0 fully saturated rings. The number of aryl methyl sites for hydroxylation is 1. The fourth-order valence-electron chi connectivity index (χ4n) is 6.85. The van der Waals surface area contributed by atoms with Gasteiger partial charge in [-0.25, -0.2) is 23.2 Å². The van der Waals surface area contributed by atoms with Crippen molar-refractivity contribution in [2.45, 2.75) is 102 Å². The second-order valence-corrected chi connectivity index (χ2v) is 16.9. The largest absolute Gasteiger partial charge is 0.444 e. The topological polar surface area (TPSA) is 149 Å². The molecule has 2 aromatic heterocycles. The zero-order chi connectivity index (χ0) is 34.8. The SMILES string of the molecule is CN(C)C(=O)c1cc2n(n1)CCCN(c1nc(S(C)(=O)=O)nc3c1COC1(CCC(C)(C)c4ccc(NC(=O)OC(C)(C)C)cc41)C3)C2. The van der Waals surface area contributed by atoms with E-state index in [1.54, 1.807) is 20.2 Å². The minimum atomic E-state index is -3.76. The fourth-order valence-corrected chi connectivity index (χ4v) is 7.38. The van der Waals surface area contributed by atoms with Gasteiger partial charge in [-0.3, -0.25) is 14.8 Å². The first kappa shape index (κ1) is 33.8. The molecule has 0 radical (unpaired) electrons. The van der Waals surface area contributed by atoms with E-state index in [0.717, 1.165) is 41.5 Å². The van der Waals surface area contributed by atoms with Gasteiger partial charge >= 0.3 is 6.09 Å². The van der Waals surface area contributed by atoms with Gasteiger partial charge in [-0.15, -0.1) is 0 Å². The van der Waals surface area contributed by atoms with E-state index < -0.39 is 27.1 Å². The number of hydrogen-bond acceptors (Lipinski definition) is 10. The number of amides is 2. The summed E-state index contributed by atoms with van der Waals surface area (Å²) in [6.45, 7) is 11.6. The molecule has 1 atom stereocenters. The second kappa shape index (κ2) is 11.8. The number of nitrogens with zero attached hydrogens (tertiary/aromatic N) is 6. The Hall–Kier alpha value is -4.04. The van der Waals surface area contributed by atoms with Crippen molar-refractivity contribution >= 4 is 33.3 Å². The first-order valence-corrected chi connectivity index (χ1v) is 18.2. The fraction of sp³-hybridized carbons (Fsp3) is 0.559. The summed E-state index contributed by atoms with van der Waals surface area (Å²) in [5.41, 5.74) is 3.63. The van der Waals surface area contributed by atoms with E-state index in [-0.39, 0.29) is 23.1 Å². The predicted molar refractivity (Wildman–Crippen MR) is 180 cm³/mol. The lowest BCUT2D eigenvalue weighted by atomic mass is 9.65. The predicted octanol–water partition coefficient (Wildman–Crippen LogP) is 4.58. The molecule has 13 nitrogen and oxygen atoms in total. The number of carbonyl (C=O) groups excluding carboxylic acids is 2. The van der Waals surface area contributed by atoms with Crippen molar-refractivity contribution in [3.05, 3.63) is 58.0 Å². The summed E-state index contributed by atoms with van der Waals surface area (Å²) >= 11 is 0. The third kappa shape index (κ3) is 6.51. The smallest absolute Gasteiger partial charge is 0.412 e. The summed E-state index contributed by atoms with van der Waals surface area (Å²) < 4.78 is 40.1. The molecule has 2 amide bonds. The molecule has 14 heteroatoms. The number of nitrogens with one attached hydrogen (secondary N) is 1. The number of anilines is 2. The number of ether oxygens (including phenoxy) is 2. The molecule has 48 heavy (non-hydrogen) atoms. The summed E-state index contributed by atoms with van der Waals surface area (Å²) in [7, 11) is -0.378. The highest BCUT2D eigenvalue weighted by molar-refractivity contribution is 7.90. The van der Waals surface area contributed by atoms with E-state index >= 15 is 0 Å². The monoisotopic (exact) mass is 679 g/mol. The van der Waals surface area contributed by atoms with Crippen LogP contribution >= 0.6 is 0 Å². The van der Waals surface area contributed by atoms with Gasteiger partial charge in [0.25, 0.3) is 5.91 Å². The van der Waals surface area contributed by atoms with Crippen LogP contribution in [0.5, 0.6) is 0 Å². The van der Waals surface area contributed by atoms with Gasteiger partial charge in [-0.05, 0) is 74.8 Å². The van der Waals surface area contributed by atoms with Gasteiger partial charge in [-0.2, -0.15) is 5.10 Å². The first-order chi connectivity index (χ1) is 22.3. The Kier molecular flexibility index (Phi) is 8.34. The van der Waals surface area contributed by atoms with Gasteiger partial charge in [0.05, 0.1) is 30.1 Å². The summed E-state index contributed by atoms with van der Waals surface area (Å²) in [6, 6.07) is 7.66. The van der Waals surface area contributed by atoms with Crippen LogP contribution in [-0.2, 0) is 56.4 Å². The number of carbonyl (C=O) groups is 2. The lowest BCUT2D eigenvalue weighted by Gasteiger charge is -2.47. The molecule has 0 saturated heterocycles. The average molecular weight is 680 g/mol. The molecule has 1 aliphatic carbocycles. The van der Waals surface area contributed by atoms with Crippen LogP contribution in [0.4, 0.5) is 16.3 Å². The van der Waals surface area contributed by atoms with E-state index in [0.29, 0.717) is 55.4 Å². The second-order valence-electron chi connectivity index (χ2n) is 15.0.